The lowest BCUT2D eigenvalue weighted by Crippen LogP contribution is -2.25. The molecule has 2 rings (SSSR count). The molecule has 0 amide bonds. The first-order valence-electron chi connectivity index (χ1n) is 5.36. The summed E-state index contributed by atoms with van der Waals surface area (Å²) in [5, 5.41) is 9.02. The summed E-state index contributed by atoms with van der Waals surface area (Å²) in [4.78, 5) is 22.7. The van der Waals surface area contributed by atoms with Crippen LogP contribution in [0.1, 0.15) is 16.1 Å². The van der Waals surface area contributed by atoms with Crippen molar-refractivity contribution < 1.29 is 14.3 Å². The van der Waals surface area contributed by atoms with Crippen molar-refractivity contribution in [1.82, 2.24) is 4.57 Å². The Morgan fingerprint density at radius 3 is 2.68 bits per heavy atom. The van der Waals surface area contributed by atoms with Crippen molar-refractivity contribution in [2.45, 2.75) is 6.54 Å². The number of nitrogens with zero attached hydrogens (tertiary/aromatic N) is 1. The van der Waals surface area contributed by atoms with Gasteiger partial charge in [-0.15, -0.1) is 0 Å². The molecule has 1 heterocycles. The molecular formula is C13H9BrFNO3. The summed E-state index contributed by atoms with van der Waals surface area (Å²) in [6.45, 7) is -0.125. The minimum absolute atomic E-state index is 0.125. The Balaban J connectivity index is 2.49. The van der Waals surface area contributed by atoms with Crippen molar-refractivity contribution in [2.24, 2.45) is 0 Å². The molecule has 0 fully saturated rings. The number of aromatic carboxylic acids is 1. The van der Waals surface area contributed by atoms with Crippen LogP contribution in [0.4, 0.5) is 4.39 Å². The summed E-state index contributed by atoms with van der Waals surface area (Å²) in [6.07, 6.45) is 0. The summed E-state index contributed by atoms with van der Waals surface area (Å²) in [6, 6.07) is 8.31. The van der Waals surface area contributed by atoms with E-state index in [1.807, 2.05) is 0 Å². The van der Waals surface area contributed by atoms with Gasteiger partial charge in [-0.1, -0.05) is 28.1 Å². The van der Waals surface area contributed by atoms with E-state index in [9.17, 15) is 14.0 Å². The molecule has 0 aliphatic carbocycles. The van der Waals surface area contributed by atoms with Crippen molar-refractivity contribution in [1.29, 1.82) is 0 Å². The molecule has 1 aromatic carbocycles. The molecule has 0 aliphatic rings. The molecule has 0 saturated carbocycles. The summed E-state index contributed by atoms with van der Waals surface area (Å²) < 4.78 is 15.3. The van der Waals surface area contributed by atoms with Gasteiger partial charge in [0.1, 0.15) is 11.5 Å². The van der Waals surface area contributed by atoms with Crippen LogP contribution < -0.4 is 5.56 Å². The van der Waals surface area contributed by atoms with Crippen molar-refractivity contribution in [2.75, 3.05) is 0 Å². The zero-order valence-corrected chi connectivity index (χ0v) is 11.2. The quantitative estimate of drug-likeness (QED) is 0.943. The van der Waals surface area contributed by atoms with Crippen LogP contribution in [0.5, 0.6) is 0 Å². The van der Waals surface area contributed by atoms with Crippen molar-refractivity contribution >= 4 is 21.9 Å². The second-order valence-electron chi connectivity index (χ2n) is 3.88. The Morgan fingerprint density at radius 1 is 1.32 bits per heavy atom. The highest BCUT2D eigenvalue weighted by molar-refractivity contribution is 9.10. The van der Waals surface area contributed by atoms with Gasteiger partial charge in [-0.3, -0.25) is 9.36 Å². The van der Waals surface area contributed by atoms with Crippen molar-refractivity contribution in [3.8, 4) is 0 Å². The Hall–Kier alpha value is -1.95. The standard InChI is InChI=1S/C13H9BrFNO3/c14-9-5-4-8(10(15)6-9)7-16-11(13(18)19)2-1-3-12(16)17/h1-6H,7H2,(H,18,19). The minimum Gasteiger partial charge on any atom is -0.477 e. The van der Waals surface area contributed by atoms with Gasteiger partial charge < -0.3 is 5.11 Å². The molecule has 1 aromatic heterocycles. The van der Waals surface area contributed by atoms with Crippen LogP contribution in [0.3, 0.4) is 0 Å². The Morgan fingerprint density at radius 2 is 2.05 bits per heavy atom. The maximum Gasteiger partial charge on any atom is 0.352 e. The van der Waals surface area contributed by atoms with Gasteiger partial charge in [0.15, 0.2) is 0 Å². The van der Waals surface area contributed by atoms with E-state index in [1.54, 1.807) is 6.07 Å². The molecule has 0 bridgehead atoms. The smallest absolute Gasteiger partial charge is 0.352 e. The first kappa shape index (κ1) is 13.5. The summed E-state index contributed by atoms with van der Waals surface area (Å²) in [5.41, 5.74) is -0.406. The number of hydrogen-bond acceptors (Lipinski definition) is 2. The predicted octanol–water partition coefficient (Wildman–Crippen LogP) is 2.50. The molecule has 0 aliphatic heterocycles. The van der Waals surface area contributed by atoms with Gasteiger partial charge in [-0.05, 0) is 18.2 Å². The molecule has 0 radical (unpaired) electrons. The van der Waals surface area contributed by atoms with E-state index < -0.39 is 17.3 Å². The van der Waals surface area contributed by atoms with E-state index >= 15 is 0 Å². The van der Waals surface area contributed by atoms with Crippen LogP contribution in [0.15, 0.2) is 45.7 Å². The zero-order chi connectivity index (χ0) is 14.0. The van der Waals surface area contributed by atoms with Crippen LogP contribution in [0.2, 0.25) is 0 Å². The summed E-state index contributed by atoms with van der Waals surface area (Å²) >= 11 is 3.13. The van der Waals surface area contributed by atoms with Crippen LogP contribution in [0, 0.1) is 5.82 Å². The fourth-order valence-electron chi connectivity index (χ4n) is 1.69. The summed E-state index contributed by atoms with van der Waals surface area (Å²) in [5.74, 6) is -1.73. The van der Waals surface area contributed by atoms with E-state index in [0.717, 1.165) is 4.57 Å². The number of pyridine rings is 1. The molecule has 2 aromatic rings. The maximum atomic E-state index is 13.7. The molecule has 4 nitrogen and oxygen atoms in total. The highest BCUT2D eigenvalue weighted by atomic mass is 79.9. The van der Waals surface area contributed by atoms with Gasteiger partial charge in [0.25, 0.3) is 5.56 Å². The predicted molar refractivity (Wildman–Crippen MR) is 70.9 cm³/mol. The molecule has 0 atom stereocenters. The summed E-state index contributed by atoms with van der Waals surface area (Å²) in [7, 11) is 0. The van der Waals surface area contributed by atoms with Gasteiger partial charge in [-0.25, -0.2) is 9.18 Å². The third-order valence-corrected chi connectivity index (χ3v) is 3.11. The van der Waals surface area contributed by atoms with Gasteiger partial charge in [0.2, 0.25) is 0 Å². The van der Waals surface area contributed by atoms with Gasteiger partial charge >= 0.3 is 5.97 Å². The van der Waals surface area contributed by atoms with Gasteiger partial charge in [0, 0.05) is 16.1 Å². The normalized spacial score (nSPS) is 10.4. The molecule has 6 heteroatoms. The van der Waals surface area contributed by atoms with Crippen LogP contribution >= 0.6 is 15.9 Å². The number of hydrogen-bond donors (Lipinski definition) is 1. The highest BCUT2D eigenvalue weighted by Gasteiger charge is 2.12. The number of carboxylic acids is 1. The fraction of sp³-hybridized carbons (Fsp3) is 0.0769. The van der Waals surface area contributed by atoms with Crippen LogP contribution in [-0.2, 0) is 6.54 Å². The molecule has 98 valence electrons. The maximum absolute atomic E-state index is 13.7. The van der Waals surface area contributed by atoms with E-state index in [1.165, 1.54) is 30.3 Å². The first-order valence-corrected chi connectivity index (χ1v) is 6.15. The second kappa shape index (κ2) is 5.36. The molecule has 19 heavy (non-hydrogen) atoms. The van der Waals surface area contributed by atoms with E-state index in [-0.39, 0.29) is 17.8 Å². The molecule has 0 unspecified atom stereocenters. The molecule has 0 saturated heterocycles. The SMILES string of the molecule is O=C(O)c1cccc(=O)n1Cc1ccc(Br)cc1F. The second-order valence-corrected chi connectivity index (χ2v) is 4.79. The topological polar surface area (TPSA) is 59.3 Å². The lowest BCUT2D eigenvalue weighted by Gasteiger charge is -2.10. The van der Waals surface area contributed by atoms with Crippen molar-refractivity contribution in [3.05, 3.63) is 68.3 Å². The van der Waals surface area contributed by atoms with Gasteiger partial charge in [0.05, 0.1) is 6.54 Å². The van der Waals surface area contributed by atoms with Gasteiger partial charge in [-0.2, -0.15) is 0 Å². The third kappa shape index (κ3) is 2.90. The number of halogens is 2. The Bertz CT molecular complexity index is 697. The Labute approximate surface area is 116 Å². The number of carbonyl (C=O) groups is 1. The Kier molecular flexibility index (Phi) is 3.80. The average molecular weight is 326 g/mol. The molecule has 1 N–H and O–H groups in total. The third-order valence-electron chi connectivity index (χ3n) is 2.61. The van der Waals surface area contributed by atoms with Crippen LogP contribution in [-0.4, -0.2) is 15.6 Å². The lowest BCUT2D eigenvalue weighted by molar-refractivity contribution is 0.0684. The number of benzene rings is 1. The average Bonchev–Trinajstić information content (AvgIpc) is 2.34. The van der Waals surface area contributed by atoms with E-state index in [0.29, 0.717) is 4.47 Å². The first-order chi connectivity index (χ1) is 8.99. The monoisotopic (exact) mass is 325 g/mol. The van der Waals surface area contributed by atoms with E-state index in [2.05, 4.69) is 15.9 Å². The molecular weight excluding hydrogens is 317 g/mol. The van der Waals surface area contributed by atoms with Crippen LogP contribution in [0.25, 0.3) is 0 Å². The largest absolute Gasteiger partial charge is 0.477 e. The van der Waals surface area contributed by atoms with Crippen molar-refractivity contribution in [3.63, 3.8) is 0 Å². The fourth-order valence-corrected chi connectivity index (χ4v) is 2.02. The minimum atomic E-state index is -1.23. The number of aromatic nitrogens is 1. The zero-order valence-electron chi connectivity index (χ0n) is 9.64. The lowest BCUT2D eigenvalue weighted by atomic mass is 10.2. The van der Waals surface area contributed by atoms with E-state index in [4.69, 9.17) is 5.11 Å². The molecule has 0 spiro atoms. The number of rotatable bonds is 3. The number of carboxylic acid groups (broad SMARTS) is 1. The highest BCUT2D eigenvalue weighted by Crippen LogP contribution is 2.16.